The molecule has 1 N–H and O–H groups in total. The summed E-state index contributed by atoms with van der Waals surface area (Å²) in [6, 6.07) is 11.5. The standard InChI is InChI=1S/C21H21N3O4/c25-20-6-2-14-11-16(3-4-17(14)22-20)23-7-9-24(10-8-23)21(26)15-1-5-18-19(12-15)28-13-27-18/h1,3-5,11-12H,2,6-10,13H2,(H,22,25). The first-order valence-electron chi connectivity index (χ1n) is 9.54. The smallest absolute Gasteiger partial charge is 0.254 e. The lowest BCUT2D eigenvalue weighted by Gasteiger charge is -2.36. The Hall–Kier alpha value is -3.22. The van der Waals surface area contributed by atoms with Crippen molar-refractivity contribution in [1.82, 2.24) is 4.90 Å². The molecule has 144 valence electrons. The van der Waals surface area contributed by atoms with Gasteiger partial charge in [0, 0.05) is 49.5 Å². The van der Waals surface area contributed by atoms with Crippen molar-refractivity contribution >= 4 is 23.2 Å². The van der Waals surface area contributed by atoms with E-state index < -0.39 is 0 Å². The van der Waals surface area contributed by atoms with Crippen LogP contribution in [0, 0.1) is 0 Å². The SMILES string of the molecule is O=C1CCc2cc(N3CCN(C(=O)c4ccc5c(c4)OCO5)CC3)ccc2N1. The normalized spacial score (nSPS) is 17.9. The van der Waals surface area contributed by atoms with E-state index in [2.05, 4.69) is 16.3 Å². The van der Waals surface area contributed by atoms with E-state index in [9.17, 15) is 9.59 Å². The summed E-state index contributed by atoms with van der Waals surface area (Å²) >= 11 is 0. The molecule has 0 spiro atoms. The number of carbonyl (C=O) groups excluding carboxylic acids is 2. The summed E-state index contributed by atoms with van der Waals surface area (Å²) in [6.07, 6.45) is 1.31. The fourth-order valence-corrected chi connectivity index (χ4v) is 3.95. The molecule has 3 aliphatic rings. The fraction of sp³-hybridized carbons (Fsp3) is 0.333. The molecule has 0 radical (unpaired) electrons. The maximum absolute atomic E-state index is 12.8. The summed E-state index contributed by atoms with van der Waals surface area (Å²) in [4.78, 5) is 28.5. The Morgan fingerprint density at radius 3 is 2.61 bits per heavy atom. The average molecular weight is 379 g/mol. The van der Waals surface area contributed by atoms with Crippen LogP contribution in [0.2, 0.25) is 0 Å². The third kappa shape index (κ3) is 3.02. The van der Waals surface area contributed by atoms with Gasteiger partial charge in [0.2, 0.25) is 12.7 Å². The number of aryl methyl sites for hydroxylation is 1. The average Bonchev–Trinajstić information content (AvgIpc) is 3.21. The minimum absolute atomic E-state index is 0.0195. The molecule has 3 aliphatic heterocycles. The van der Waals surface area contributed by atoms with E-state index in [0.29, 0.717) is 36.6 Å². The van der Waals surface area contributed by atoms with Gasteiger partial charge in [-0.2, -0.15) is 0 Å². The highest BCUT2D eigenvalue weighted by molar-refractivity contribution is 5.95. The molecule has 3 heterocycles. The van der Waals surface area contributed by atoms with E-state index in [1.54, 1.807) is 18.2 Å². The summed E-state index contributed by atoms with van der Waals surface area (Å²) in [5, 5.41) is 2.92. The second kappa shape index (κ2) is 6.74. The third-order valence-corrected chi connectivity index (χ3v) is 5.54. The van der Waals surface area contributed by atoms with Crippen molar-refractivity contribution in [3.8, 4) is 11.5 Å². The van der Waals surface area contributed by atoms with Crippen molar-refractivity contribution in [2.24, 2.45) is 0 Å². The van der Waals surface area contributed by atoms with Crippen LogP contribution in [0.1, 0.15) is 22.3 Å². The van der Waals surface area contributed by atoms with E-state index in [1.165, 1.54) is 5.56 Å². The van der Waals surface area contributed by atoms with Gasteiger partial charge in [0.25, 0.3) is 5.91 Å². The molecule has 0 unspecified atom stereocenters. The minimum Gasteiger partial charge on any atom is -0.454 e. The number of hydrogen-bond donors (Lipinski definition) is 1. The zero-order chi connectivity index (χ0) is 19.1. The lowest BCUT2D eigenvalue weighted by Crippen LogP contribution is -2.48. The molecule has 0 bridgehead atoms. The Bertz CT molecular complexity index is 951. The van der Waals surface area contributed by atoms with Crippen LogP contribution in [0.5, 0.6) is 11.5 Å². The first-order chi connectivity index (χ1) is 13.7. The van der Waals surface area contributed by atoms with Gasteiger partial charge < -0.3 is 24.6 Å². The van der Waals surface area contributed by atoms with Crippen molar-refractivity contribution in [2.45, 2.75) is 12.8 Å². The Morgan fingerprint density at radius 2 is 1.75 bits per heavy atom. The highest BCUT2D eigenvalue weighted by Gasteiger charge is 2.25. The molecule has 0 aromatic heterocycles. The predicted octanol–water partition coefficient (Wildman–Crippen LogP) is 2.26. The van der Waals surface area contributed by atoms with Crippen LogP contribution in [0.4, 0.5) is 11.4 Å². The van der Waals surface area contributed by atoms with Gasteiger partial charge >= 0.3 is 0 Å². The maximum Gasteiger partial charge on any atom is 0.254 e. The summed E-state index contributed by atoms with van der Waals surface area (Å²) in [6.45, 7) is 3.10. The molecule has 7 nitrogen and oxygen atoms in total. The van der Waals surface area contributed by atoms with Crippen molar-refractivity contribution < 1.29 is 19.1 Å². The Morgan fingerprint density at radius 1 is 0.929 bits per heavy atom. The summed E-state index contributed by atoms with van der Waals surface area (Å²) in [7, 11) is 0. The number of benzene rings is 2. The molecule has 28 heavy (non-hydrogen) atoms. The Balaban J connectivity index is 1.25. The van der Waals surface area contributed by atoms with Gasteiger partial charge in [0.15, 0.2) is 11.5 Å². The number of fused-ring (bicyclic) bond motifs is 2. The number of nitrogens with one attached hydrogen (secondary N) is 1. The number of amides is 2. The van der Waals surface area contributed by atoms with Gasteiger partial charge in [0.05, 0.1) is 0 Å². The zero-order valence-corrected chi connectivity index (χ0v) is 15.4. The minimum atomic E-state index is 0.0195. The molecule has 1 saturated heterocycles. The van der Waals surface area contributed by atoms with Crippen molar-refractivity contribution in [3.05, 3.63) is 47.5 Å². The molecule has 2 aromatic carbocycles. The predicted molar refractivity (Wildman–Crippen MR) is 104 cm³/mol. The Labute approximate surface area is 162 Å². The first kappa shape index (κ1) is 16.9. The topological polar surface area (TPSA) is 71.1 Å². The van der Waals surface area contributed by atoms with E-state index >= 15 is 0 Å². The van der Waals surface area contributed by atoms with Gasteiger partial charge in [-0.3, -0.25) is 9.59 Å². The highest BCUT2D eigenvalue weighted by Crippen LogP contribution is 2.33. The molecule has 0 aliphatic carbocycles. The molecule has 2 aromatic rings. The fourth-order valence-electron chi connectivity index (χ4n) is 3.95. The molecule has 1 fully saturated rings. The van der Waals surface area contributed by atoms with Crippen LogP contribution < -0.4 is 19.7 Å². The number of carbonyl (C=O) groups is 2. The molecule has 5 rings (SSSR count). The van der Waals surface area contributed by atoms with Crippen LogP contribution in [-0.2, 0) is 11.2 Å². The first-order valence-corrected chi connectivity index (χ1v) is 9.54. The zero-order valence-electron chi connectivity index (χ0n) is 15.4. The van der Waals surface area contributed by atoms with Gasteiger partial charge in [-0.1, -0.05) is 0 Å². The van der Waals surface area contributed by atoms with Crippen molar-refractivity contribution in [2.75, 3.05) is 43.2 Å². The van der Waals surface area contributed by atoms with Crippen LogP contribution in [0.25, 0.3) is 0 Å². The number of rotatable bonds is 2. The molecule has 0 atom stereocenters. The largest absolute Gasteiger partial charge is 0.454 e. The van der Waals surface area contributed by atoms with Crippen molar-refractivity contribution in [1.29, 1.82) is 0 Å². The third-order valence-electron chi connectivity index (χ3n) is 5.54. The van der Waals surface area contributed by atoms with Gasteiger partial charge in [-0.05, 0) is 48.4 Å². The summed E-state index contributed by atoms with van der Waals surface area (Å²) in [5.74, 6) is 1.41. The molecule has 2 amide bonds. The second-order valence-electron chi connectivity index (χ2n) is 7.24. The lowest BCUT2D eigenvalue weighted by atomic mass is 10.0. The number of ether oxygens (including phenoxy) is 2. The Kier molecular flexibility index (Phi) is 4.07. The summed E-state index contributed by atoms with van der Waals surface area (Å²) < 4.78 is 10.7. The van der Waals surface area contributed by atoms with Gasteiger partial charge in [0.1, 0.15) is 0 Å². The molecular weight excluding hydrogens is 358 g/mol. The van der Waals surface area contributed by atoms with E-state index in [0.717, 1.165) is 30.9 Å². The van der Waals surface area contributed by atoms with Crippen molar-refractivity contribution in [3.63, 3.8) is 0 Å². The van der Waals surface area contributed by atoms with Crippen LogP contribution in [0.15, 0.2) is 36.4 Å². The second-order valence-corrected chi connectivity index (χ2v) is 7.24. The lowest BCUT2D eigenvalue weighted by molar-refractivity contribution is -0.116. The van der Waals surface area contributed by atoms with E-state index in [1.807, 2.05) is 17.0 Å². The molecule has 0 saturated carbocycles. The quantitative estimate of drug-likeness (QED) is 0.867. The monoisotopic (exact) mass is 379 g/mol. The van der Waals surface area contributed by atoms with Crippen LogP contribution in [0.3, 0.4) is 0 Å². The van der Waals surface area contributed by atoms with Crippen LogP contribution >= 0.6 is 0 Å². The number of nitrogens with zero attached hydrogens (tertiary/aromatic N) is 2. The van der Waals surface area contributed by atoms with Crippen LogP contribution in [-0.4, -0.2) is 49.7 Å². The maximum atomic E-state index is 12.8. The van der Waals surface area contributed by atoms with Gasteiger partial charge in [-0.25, -0.2) is 0 Å². The highest BCUT2D eigenvalue weighted by atomic mass is 16.7. The van der Waals surface area contributed by atoms with Gasteiger partial charge in [-0.15, -0.1) is 0 Å². The summed E-state index contributed by atoms with van der Waals surface area (Å²) in [5.41, 5.74) is 3.86. The molecule has 7 heteroatoms. The van der Waals surface area contributed by atoms with E-state index in [4.69, 9.17) is 9.47 Å². The number of hydrogen-bond acceptors (Lipinski definition) is 5. The number of anilines is 2. The van der Waals surface area contributed by atoms with E-state index in [-0.39, 0.29) is 18.6 Å². The number of piperazine rings is 1. The molecular formula is C21H21N3O4.